The number of Topliss-reactive ketones (excluding diaryl/α,β-unsaturated/α-hetero) is 1. The number of ketones is 1. The monoisotopic (exact) mass is 548 g/mol. The van der Waals surface area contributed by atoms with Gasteiger partial charge in [0, 0.05) is 72.1 Å². The predicted molar refractivity (Wildman–Crippen MR) is 156 cm³/mol. The number of rotatable bonds is 9. The fraction of sp³-hybridized carbons (Fsp3) is 0.310. The van der Waals surface area contributed by atoms with Gasteiger partial charge < -0.3 is 15.3 Å². The number of carbonyl (C=O) groups is 1. The molecule has 0 amide bonds. The zero-order valence-electron chi connectivity index (χ0n) is 21.4. The second kappa shape index (κ2) is 10.8. The van der Waals surface area contributed by atoms with Crippen molar-refractivity contribution in [2.24, 2.45) is 5.73 Å². The van der Waals surface area contributed by atoms with Gasteiger partial charge in [-0.2, -0.15) is 0 Å². The Morgan fingerprint density at radius 3 is 2.58 bits per heavy atom. The highest BCUT2D eigenvalue weighted by Crippen LogP contribution is 2.36. The van der Waals surface area contributed by atoms with E-state index in [9.17, 15) is 13.2 Å². The number of hydrogen-bond donors (Lipinski definition) is 2. The summed E-state index contributed by atoms with van der Waals surface area (Å²) in [6, 6.07) is 18.4. The van der Waals surface area contributed by atoms with Gasteiger partial charge in [-0.25, -0.2) is 12.7 Å². The van der Waals surface area contributed by atoms with E-state index in [1.54, 1.807) is 4.31 Å². The lowest BCUT2D eigenvalue weighted by Gasteiger charge is -2.31. The van der Waals surface area contributed by atoms with Crippen LogP contribution < -0.4 is 5.73 Å². The maximum Gasteiger partial charge on any atom is 0.211 e. The SMILES string of the molecule is CS(=O)(=O)N1CCC(n2cc(-c3cccc(C(N)=S)c3)c3ccc(CCC(=O)Cc4ccc[nH]4)cc32)CC1. The summed E-state index contributed by atoms with van der Waals surface area (Å²) < 4.78 is 28.0. The minimum absolute atomic E-state index is 0.174. The molecule has 3 heterocycles. The Kier molecular flexibility index (Phi) is 7.52. The van der Waals surface area contributed by atoms with Crippen molar-refractivity contribution in [3.63, 3.8) is 0 Å². The van der Waals surface area contributed by atoms with Crippen LogP contribution in [0, 0.1) is 0 Å². The van der Waals surface area contributed by atoms with E-state index in [1.165, 1.54) is 6.26 Å². The first-order valence-electron chi connectivity index (χ1n) is 12.8. The normalized spacial score (nSPS) is 15.2. The summed E-state index contributed by atoms with van der Waals surface area (Å²) in [5.74, 6) is 0.200. The van der Waals surface area contributed by atoms with E-state index in [0.29, 0.717) is 37.3 Å². The number of benzene rings is 2. The molecule has 4 aromatic rings. The lowest BCUT2D eigenvalue weighted by molar-refractivity contribution is -0.118. The molecule has 0 radical (unpaired) electrons. The summed E-state index contributed by atoms with van der Waals surface area (Å²) in [6.07, 6.45) is 8.30. The number of sulfonamides is 1. The van der Waals surface area contributed by atoms with E-state index in [2.05, 4.69) is 40.0 Å². The molecule has 0 aliphatic carbocycles. The van der Waals surface area contributed by atoms with Crippen LogP contribution in [0.4, 0.5) is 0 Å². The lowest BCUT2D eigenvalue weighted by Crippen LogP contribution is -2.38. The van der Waals surface area contributed by atoms with Gasteiger partial charge in [0.1, 0.15) is 10.8 Å². The third-order valence-electron chi connectivity index (χ3n) is 7.39. The van der Waals surface area contributed by atoms with E-state index < -0.39 is 10.0 Å². The van der Waals surface area contributed by atoms with Gasteiger partial charge in [0.15, 0.2) is 0 Å². The molecule has 0 unspecified atom stereocenters. The number of piperidine rings is 1. The number of nitrogens with two attached hydrogens (primary N) is 1. The van der Waals surface area contributed by atoms with Crippen LogP contribution in [0.15, 0.2) is 67.0 Å². The molecule has 38 heavy (non-hydrogen) atoms. The van der Waals surface area contributed by atoms with Crippen molar-refractivity contribution in [3.05, 3.63) is 83.8 Å². The van der Waals surface area contributed by atoms with Crippen LogP contribution in [0.25, 0.3) is 22.0 Å². The molecule has 3 N–H and O–H groups in total. The van der Waals surface area contributed by atoms with Gasteiger partial charge >= 0.3 is 0 Å². The van der Waals surface area contributed by atoms with Gasteiger partial charge in [-0.15, -0.1) is 0 Å². The van der Waals surface area contributed by atoms with Crippen molar-refractivity contribution in [1.29, 1.82) is 0 Å². The molecule has 198 valence electrons. The van der Waals surface area contributed by atoms with E-state index in [1.807, 2.05) is 36.5 Å². The molecule has 2 aromatic carbocycles. The van der Waals surface area contributed by atoms with Crippen molar-refractivity contribution >= 4 is 43.9 Å². The summed E-state index contributed by atoms with van der Waals surface area (Å²) in [5, 5.41) is 1.11. The number of nitrogens with one attached hydrogen (secondary N) is 1. The summed E-state index contributed by atoms with van der Waals surface area (Å²) >= 11 is 5.21. The van der Waals surface area contributed by atoms with Crippen molar-refractivity contribution in [1.82, 2.24) is 13.9 Å². The highest BCUT2D eigenvalue weighted by molar-refractivity contribution is 7.88. The van der Waals surface area contributed by atoms with Crippen LogP contribution in [0.1, 0.15) is 42.1 Å². The highest BCUT2D eigenvalue weighted by atomic mass is 32.2. The molecule has 5 rings (SSSR count). The molecular formula is C29H32N4O3S2. The van der Waals surface area contributed by atoms with E-state index in [-0.39, 0.29) is 11.8 Å². The standard InChI is InChI=1S/C29H32N4O3S2/c1-38(35,36)32-14-11-24(12-15-32)33-19-27(21-4-2-5-22(17-21)29(30)37)26-10-8-20(16-28(26)33)7-9-25(34)18-23-6-3-13-31-23/h2-6,8,10,13,16-17,19,24,31H,7,9,11-12,14-15,18H2,1H3,(H2,30,37). The van der Waals surface area contributed by atoms with Crippen LogP contribution in [0.3, 0.4) is 0 Å². The molecular weight excluding hydrogens is 516 g/mol. The number of hydrogen-bond acceptors (Lipinski definition) is 4. The van der Waals surface area contributed by atoms with Crippen molar-refractivity contribution in [2.45, 2.75) is 38.1 Å². The van der Waals surface area contributed by atoms with Crippen molar-refractivity contribution in [3.8, 4) is 11.1 Å². The third kappa shape index (κ3) is 5.75. The first-order chi connectivity index (χ1) is 18.2. The average molecular weight is 549 g/mol. The van der Waals surface area contributed by atoms with E-state index >= 15 is 0 Å². The van der Waals surface area contributed by atoms with Crippen molar-refractivity contribution < 1.29 is 13.2 Å². The molecule has 9 heteroatoms. The number of thiocarbonyl (C=S) groups is 1. The smallest absolute Gasteiger partial charge is 0.211 e. The Morgan fingerprint density at radius 1 is 1.11 bits per heavy atom. The summed E-state index contributed by atoms with van der Waals surface area (Å²) in [5.41, 5.74) is 12.0. The predicted octanol–water partition coefficient (Wildman–Crippen LogP) is 4.61. The quantitative estimate of drug-likeness (QED) is 0.298. The van der Waals surface area contributed by atoms with Crippen LogP contribution in [-0.4, -0.2) is 52.4 Å². The second-order valence-electron chi connectivity index (χ2n) is 10.1. The maximum atomic E-state index is 12.5. The van der Waals surface area contributed by atoms with E-state index in [4.69, 9.17) is 18.0 Å². The van der Waals surface area contributed by atoms with Crippen LogP contribution in [0.5, 0.6) is 0 Å². The number of aromatic amines is 1. The second-order valence-corrected chi connectivity index (χ2v) is 12.5. The molecule has 1 fully saturated rings. The van der Waals surface area contributed by atoms with Crippen LogP contribution in [0.2, 0.25) is 0 Å². The fourth-order valence-electron chi connectivity index (χ4n) is 5.34. The van der Waals surface area contributed by atoms with Gasteiger partial charge in [0.05, 0.1) is 6.26 Å². The van der Waals surface area contributed by atoms with Gasteiger partial charge in [-0.05, 0) is 54.7 Å². The largest absolute Gasteiger partial charge is 0.389 e. The van der Waals surface area contributed by atoms with Gasteiger partial charge in [0.25, 0.3) is 0 Å². The van der Waals surface area contributed by atoms with Crippen LogP contribution >= 0.6 is 12.2 Å². The Hall–Kier alpha value is -3.27. The van der Waals surface area contributed by atoms with E-state index in [0.717, 1.165) is 51.7 Å². The Balaban J connectivity index is 1.47. The number of H-pyrrole nitrogens is 1. The topological polar surface area (TPSA) is 101 Å². The fourth-order valence-corrected chi connectivity index (χ4v) is 6.34. The highest BCUT2D eigenvalue weighted by Gasteiger charge is 2.27. The maximum absolute atomic E-state index is 12.5. The third-order valence-corrected chi connectivity index (χ3v) is 8.92. The Labute approximate surface area is 228 Å². The number of fused-ring (bicyclic) bond motifs is 1. The zero-order valence-corrected chi connectivity index (χ0v) is 23.0. The Morgan fingerprint density at radius 2 is 1.89 bits per heavy atom. The molecule has 0 atom stereocenters. The number of carbonyl (C=O) groups excluding carboxylic acids is 1. The van der Waals surface area contributed by atoms with Gasteiger partial charge in [-0.1, -0.05) is 42.5 Å². The minimum Gasteiger partial charge on any atom is -0.389 e. The summed E-state index contributed by atoms with van der Waals surface area (Å²) in [6.45, 7) is 1.00. The molecule has 1 saturated heterocycles. The van der Waals surface area contributed by atoms with Gasteiger partial charge in [0.2, 0.25) is 10.0 Å². The zero-order chi connectivity index (χ0) is 26.9. The molecule has 1 aliphatic heterocycles. The molecule has 2 aromatic heterocycles. The molecule has 1 aliphatic rings. The molecule has 7 nitrogen and oxygen atoms in total. The molecule has 0 bridgehead atoms. The van der Waals surface area contributed by atoms with Crippen molar-refractivity contribution in [2.75, 3.05) is 19.3 Å². The molecule has 0 saturated carbocycles. The summed E-state index contributed by atoms with van der Waals surface area (Å²) in [7, 11) is -3.20. The first kappa shape index (κ1) is 26.3. The summed E-state index contributed by atoms with van der Waals surface area (Å²) in [4.78, 5) is 16.0. The lowest BCUT2D eigenvalue weighted by atomic mass is 10.00. The Bertz CT molecular complexity index is 1580. The average Bonchev–Trinajstić information content (AvgIpc) is 3.55. The van der Waals surface area contributed by atoms with Crippen LogP contribution in [-0.2, 0) is 27.7 Å². The number of aryl methyl sites for hydroxylation is 1. The first-order valence-corrected chi connectivity index (χ1v) is 15.1. The molecule has 0 spiro atoms. The minimum atomic E-state index is -3.20. The number of aromatic nitrogens is 2. The number of nitrogens with zero attached hydrogens (tertiary/aromatic N) is 2. The van der Waals surface area contributed by atoms with Gasteiger partial charge in [-0.3, -0.25) is 4.79 Å².